The summed E-state index contributed by atoms with van der Waals surface area (Å²) >= 11 is 0. The normalized spacial score (nSPS) is 17.3. The number of carbonyl (C=O) groups is 2. The van der Waals surface area contributed by atoms with Gasteiger partial charge in [-0.15, -0.1) is 0 Å². The van der Waals surface area contributed by atoms with Gasteiger partial charge in [0, 0.05) is 11.7 Å². The number of carbonyl (C=O) groups excluding carboxylic acids is 2. The fourth-order valence-corrected chi connectivity index (χ4v) is 3.54. The van der Waals surface area contributed by atoms with E-state index in [0.29, 0.717) is 12.5 Å². The van der Waals surface area contributed by atoms with E-state index in [1.807, 2.05) is 42.5 Å². The second-order valence-electron chi connectivity index (χ2n) is 7.06. The third kappa shape index (κ3) is 4.31. The summed E-state index contributed by atoms with van der Waals surface area (Å²) in [5.74, 6) is -0.126. The van der Waals surface area contributed by atoms with Gasteiger partial charge in [-0.25, -0.2) is 0 Å². The average molecular weight is 350 g/mol. The number of hydrogen-bond acceptors (Lipinski definition) is 3. The van der Waals surface area contributed by atoms with Gasteiger partial charge in [0.15, 0.2) is 5.78 Å². The average Bonchev–Trinajstić information content (AvgIpc) is 2.64. The maximum Gasteiger partial charge on any atom is 0.240 e. The van der Waals surface area contributed by atoms with Gasteiger partial charge in [-0.3, -0.25) is 9.59 Å². The van der Waals surface area contributed by atoms with Crippen LogP contribution in [0, 0.1) is 0 Å². The van der Waals surface area contributed by atoms with Crippen LogP contribution < -0.4 is 10.2 Å². The standard InChI is InChI=1S/C22H26N2O2/c1-16-12-13-19-10-6-7-11-21(19)24(16)15-22(26)23-20(17(2)25)14-18-8-4-3-5-9-18/h3-11,16,20H,12-15H2,1-2H3,(H,23,26)/t16-,20+/m1/s1. The Morgan fingerprint density at radius 1 is 1.12 bits per heavy atom. The summed E-state index contributed by atoms with van der Waals surface area (Å²) in [4.78, 5) is 26.8. The van der Waals surface area contributed by atoms with Gasteiger partial charge in [0.1, 0.15) is 0 Å². The van der Waals surface area contributed by atoms with E-state index < -0.39 is 6.04 Å². The number of amides is 1. The Kier molecular flexibility index (Phi) is 5.71. The van der Waals surface area contributed by atoms with Crippen molar-refractivity contribution >= 4 is 17.4 Å². The van der Waals surface area contributed by atoms with E-state index in [1.54, 1.807) is 0 Å². The van der Waals surface area contributed by atoms with Gasteiger partial charge in [0.25, 0.3) is 0 Å². The summed E-state index contributed by atoms with van der Waals surface area (Å²) in [6, 6.07) is 17.9. The molecule has 0 aromatic heterocycles. The van der Waals surface area contributed by atoms with Gasteiger partial charge in [-0.2, -0.15) is 0 Å². The number of nitrogens with one attached hydrogen (secondary N) is 1. The van der Waals surface area contributed by atoms with Gasteiger partial charge < -0.3 is 10.2 Å². The van der Waals surface area contributed by atoms with Crippen LogP contribution in [0.2, 0.25) is 0 Å². The molecule has 26 heavy (non-hydrogen) atoms. The molecule has 136 valence electrons. The number of Topliss-reactive ketones (excluding diaryl/α,β-unsaturated/α-hetero) is 1. The van der Waals surface area contributed by atoms with Crippen LogP contribution in [-0.4, -0.2) is 30.3 Å². The fraction of sp³-hybridized carbons (Fsp3) is 0.364. The molecule has 2 aromatic carbocycles. The van der Waals surface area contributed by atoms with E-state index in [4.69, 9.17) is 0 Å². The monoisotopic (exact) mass is 350 g/mol. The van der Waals surface area contributed by atoms with Crippen molar-refractivity contribution in [3.05, 3.63) is 65.7 Å². The molecule has 0 spiro atoms. The third-order valence-corrected chi connectivity index (χ3v) is 5.09. The highest BCUT2D eigenvalue weighted by molar-refractivity contribution is 5.89. The molecule has 0 unspecified atom stereocenters. The van der Waals surface area contributed by atoms with E-state index in [9.17, 15) is 9.59 Å². The Morgan fingerprint density at radius 2 is 1.81 bits per heavy atom. The first-order chi connectivity index (χ1) is 12.5. The molecule has 2 atom stereocenters. The first-order valence-electron chi connectivity index (χ1n) is 9.23. The number of benzene rings is 2. The predicted octanol–water partition coefficient (Wildman–Crippen LogP) is 3.14. The van der Waals surface area contributed by atoms with Gasteiger partial charge >= 0.3 is 0 Å². The van der Waals surface area contributed by atoms with Crippen LogP contribution in [0.3, 0.4) is 0 Å². The van der Waals surface area contributed by atoms with E-state index >= 15 is 0 Å². The number of aryl methyl sites for hydroxylation is 1. The van der Waals surface area contributed by atoms with Crippen molar-refractivity contribution < 1.29 is 9.59 Å². The first kappa shape index (κ1) is 18.2. The predicted molar refractivity (Wildman–Crippen MR) is 104 cm³/mol. The van der Waals surface area contributed by atoms with E-state index in [2.05, 4.69) is 29.3 Å². The van der Waals surface area contributed by atoms with Crippen LogP contribution in [0.4, 0.5) is 5.69 Å². The Bertz CT molecular complexity index is 773. The van der Waals surface area contributed by atoms with Crippen molar-refractivity contribution in [1.29, 1.82) is 0 Å². The van der Waals surface area contributed by atoms with Crippen molar-refractivity contribution in [1.82, 2.24) is 5.32 Å². The second kappa shape index (κ2) is 8.17. The number of hydrogen-bond donors (Lipinski definition) is 1. The van der Waals surface area contributed by atoms with Crippen molar-refractivity contribution in [2.75, 3.05) is 11.4 Å². The van der Waals surface area contributed by atoms with E-state index in [1.165, 1.54) is 12.5 Å². The van der Waals surface area contributed by atoms with Crippen molar-refractivity contribution in [2.45, 2.75) is 45.2 Å². The molecule has 4 heteroatoms. The number of rotatable bonds is 6. The van der Waals surface area contributed by atoms with Crippen molar-refractivity contribution in [3.8, 4) is 0 Å². The fourth-order valence-electron chi connectivity index (χ4n) is 3.54. The zero-order valence-electron chi connectivity index (χ0n) is 15.4. The maximum absolute atomic E-state index is 12.7. The molecule has 0 bridgehead atoms. The number of fused-ring (bicyclic) bond motifs is 1. The van der Waals surface area contributed by atoms with Crippen LogP contribution in [0.1, 0.15) is 31.4 Å². The lowest BCUT2D eigenvalue weighted by Crippen LogP contribution is -2.49. The van der Waals surface area contributed by atoms with Crippen LogP contribution in [0.15, 0.2) is 54.6 Å². The van der Waals surface area contributed by atoms with Crippen LogP contribution >= 0.6 is 0 Å². The minimum absolute atomic E-state index is 0.0192. The van der Waals surface area contributed by atoms with E-state index in [-0.39, 0.29) is 18.2 Å². The van der Waals surface area contributed by atoms with Crippen LogP contribution in [-0.2, 0) is 22.4 Å². The minimum Gasteiger partial charge on any atom is -0.359 e. The molecule has 2 aromatic rings. The van der Waals surface area contributed by atoms with Gasteiger partial charge in [-0.1, -0.05) is 48.5 Å². The molecule has 1 heterocycles. The largest absolute Gasteiger partial charge is 0.359 e. The molecule has 0 fully saturated rings. The van der Waals surface area contributed by atoms with Crippen molar-refractivity contribution in [3.63, 3.8) is 0 Å². The second-order valence-corrected chi connectivity index (χ2v) is 7.06. The molecular formula is C22H26N2O2. The third-order valence-electron chi connectivity index (χ3n) is 5.09. The topological polar surface area (TPSA) is 49.4 Å². The first-order valence-corrected chi connectivity index (χ1v) is 9.23. The Morgan fingerprint density at radius 3 is 2.54 bits per heavy atom. The molecule has 0 saturated heterocycles. The Hall–Kier alpha value is -2.62. The summed E-state index contributed by atoms with van der Waals surface area (Å²) < 4.78 is 0. The van der Waals surface area contributed by atoms with Gasteiger partial charge in [-0.05, 0) is 50.3 Å². The summed E-state index contributed by atoms with van der Waals surface area (Å²) in [6.07, 6.45) is 2.60. The summed E-state index contributed by atoms with van der Waals surface area (Å²) in [6.45, 7) is 3.96. The van der Waals surface area contributed by atoms with Crippen LogP contribution in [0.5, 0.6) is 0 Å². The maximum atomic E-state index is 12.7. The lowest BCUT2D eigenvalue weighted by molar-refractivity contribution is -0.126. The summed E-state index contributed by atoms with van der Waals surface area (Å²) in [5, 5.41) is 2.93. The molecule has 4 nitrogen and oxygen atoms in total. The summed E-state index contributed by atoms with van der Waals surface area (Å²) in [5.41, 5.74) is 3.46. The van der Waals surface area contributed by atoms with Gasteiger partial charge in [0.2, 0.25) is 5.91 Å². The molecule has 1 aliphatic heterocycles. The summed E-state index contributed by atoms with van der Waals surface area (Å²) in [7, 11) is 0. The molecular weight excluding hydrogens is 324 g/mol. The molecule has 1 aliphatic rings. The lowest BCUT2D eigenvalue weighted by atomic mass is 9.96. The number of anilines is 1. The smallest absolute Gasteiger partial charge is 0.240 e. The Labute approximate surface area is 155 Å². The number of para-hydroxylation sites is 1. The lowest BCUT2D eigenvalue weighted by Gasteiger charge is -2.36. The zero-order valence-corrected chi connectivity index (χ0v) is 15.4. The zero-order chi connectivity index (χ0) is 18.5. The molecule has 0 radical (unpaired) electrons. The molecule has 3 rings (SSSR count). The van der Waals surface area contributed by atoms with Crippen LogP contribution in [0.25, 0.3) is 0 Å². The van der Waals surface area contributed by atoms with E-state index in [0.717, 1.165) is 24.1 Å². The highest BCUT2D eigenvalue weighted by Gasteiger charge is 2.26. The SMILES string of the molecule is CC(=O)[C@H](Cc1ccccc1)NC(=O)CN1c2ccccc2CC[C@H]1C. The van der Waals surface area contributed by atoms with Crippen molar-refractivity contribution in [2.24, 2.45) is 0 Å². The number of ketones is 1. The Balaban J connectivity index is 1.68. The quantitative estimate of drug-likeness (QED) is 0.871. The number of nitrogens with zero attached hydrogens (tertiary/aromatic N) is 1. The molecule has 0 saturated carbocycles. The molecule has 0 aliphatic carbocycles. The minimum atomic E-state index is -0.486. The highest BCUT2D eigenvalue weighted by Crippen LogP contribution is 2.29. The molecule has 1 N–H and O–H groups in total. The van der Waals surface area contributed by atoms with Gasteiger partial charge in [0.05, 0.1) is 12.6 Å². The molecule has 1 amide bonds. The highest BCUT2D eigenvalue weighted by atomic mass is 16.2.